The van der Waals surface area contributed by atoms with Gasteiger partial charge in [-0.25, -0.2) is 4.79 Å². The van der Waals surface area contributed by atoms with Crippen LogP contribution in [0.1, 0.15) is 31.1 Å². The summed E-state index contributed by atoms with van der Waals surface area (Å²) in [6.07, 6.45) is -1.35. The van der Waals surface area contributed by atoms with Gasteiger partial charge in [-0.2, -0.15) is 0 Å². The topological polar surface area (TPSA) is 87.7 Å². The second-order valence-electron chi connectivity index (χ2n) is 8.48. The smallest absolute Gasteiger partial charge is 0.411 e. The number of carbonyl (C=O) groups is 3. The fourth-order valence-corrected chi connectivity index (χ4v) is 3.77. The minimum Gasteiger partial charge on any atom is -0.438 e. The number of nitrogens with zero attached hydrogens (tertiary/aromatic N) is 1. The molecular weight excluding hydrogens is 430 g/mol. The lowest BCUT2D eigenvalue weighted by molar-refractivity contribution is -0.121. The molecule has 174 valence electrons. The van der Waals surface area contributed by atoms with E-state index in [9.17, 15) is 14.4 Å². The summed E-state index contributed by atoms with van der Waals surface area (Å²) >= 11 is 0. The van der Waals surface area contributed by atoms with E-state index < -0.39 is 18.2 Å². The molecule has 4 rings (SSSR count). The summed E-state index contributed by atoms with van der Waals surface area (Å²) < 4.78 is 5.70. The maximum absolute atomic E-state index is 13.4. The standard InChI is InChI=1S/C27H27N3O4/c1-18(2)25(31)28-22-15-13-20(14-16-22)24-23(26(32)29-21-11-7-4-8-12-21)30(27(33)34-24)17-19-9-5-3-6-10-19/h3-16,18,23-24H,17H2,1-2H3,(H,28,31)(H,29,32). The van der Waals surface area contributed by atoms with Crippen LogP contribution in [0, 0.1) is 5.92 Å². The third-order valence-electron chi connectivity index (χ3n) is 5.62. The highest BCUT2D eigenvalue weighted by atomic mass is 16.6. The van der Waals surface area contributed by atoms with Crippen LogP contribution in [-0.2, 0) is 20.9 Å². The monoisotopic (exact) mass is 457 g/mol. The van der Waals surface area contributed by atoms with Crippen molar-refractivity contribution in [2.75, 3.05) is 10.6 Å². The summed E-state index contributed by atoms with van der Waals surface area (Å²) in [5, 5.41) is 5.74. The van der Waals surface area contributed by atoms with Crippen LogP contribution in [0.25, 0.3) is 0 Å². The van der Waals surface area contributed by atoms with Crippen molar-refractivity contribution >= 4 is 29.3 Å². The number of benzene rings is 3. The van der Waals surface area contributed by atoms with Crippen LogP contribution < -0.4 is 10.6 Å². The highest BCUT2D eigenvalue weighted by Crippen LogP contribution is 2.35. The van der Waals surface area contributed by atoms with E-state index in [2.05, 4.69) is 10.6 Å². The average molecular weight is 458 g/mol. The van der Waals surface area contributed by atoms with Gasteiger partial charge in [0.25, 0.3) is 5.91 Å². The highest BCUT2D eigenvalue weighted by Gasteiger charge is 2.47. The van der Waals surface area contributed by atoms with E-state index in [1.54, 1.807) is 36.4 Å². The van der Waals surface area contributed by atoms with Crippen molar-refractivity contribution < 1.29 is 19.1 Å². The number of ether oxygens (including phenoxy) is 1. The second-order valence-corrected chi connectivity index (χ2v) is 8.48. The lowest BCUT2D eigenvalue weighted by atomic mass is 10.00. The van der Waals surface area contributed by atoms with Gasteiger partial charge in [-0.3, -0.25) is 14.5 Å². The first kappa shape index (κ1) is 23.0. The Morgan fingerprint density at radius 2 is 1.44 bits per heavy atom. The van der Waals surface area contributed by atoms with Crippen LogP contribution in [0.15, 0.2) is 84.9 Å². The largest absolute Gasteiger partial charge is 0.438 e. The van der Waals surface area contributed by atoms with Crippen LogP contribution in [-0.4, -0.2) is 28.8 Å². The maximum atomic E-state index is 13.4. The van der Waals surface area contributed by atoms with Gasteiger partial charge < -0.3 is 15.4 Å². The normalized spacial score (nSPS) is 17.4. The minimum atomic E-state index is -0.871. The average Bonchev–Trinajstić information content (AvgIpc) is 3.16. The van der Waals surface area contributed by atoms with Crippen LogP contribution in [0.3, 0.4) is 0 Å². The predicted octanol–water partition coefficient (Wildman–Crippen LogP) is 4.98. The third-order valence-corrected chi connectivity index (χ3v) is 5.62. The lowest BCUT2D eigenvalue weighted by Gasteiger charge is -2.24. The van der Waals surface area contributed by atoms with Crippen LogP contribution in [0.2, 0.25) is 0 Å². The number of carbonyl (C=O) groups excluding carboxylic acids is 3. The van der Waals surface area contributed by atoms with Gasteiger partial charge >= 0.3 is 6.09 Å². The Morgan fingerprint density at radius 1 is 0.853 bits per heavy atom. The van der Waals surface area contributed by atoms with Crippen molar-refractivity contribution in [1.82, 2.24) is 4.90 Å². The van der Waals surface area contributed by atoms with Gasteiger partial charge in [0, 0.05) is 17.3 Å². The predicted molar refractivity (Wildman–Crippen MR) is 130 cm³/mol. The maximum Gasteiger partial charge on any atom is 0.411 e. The summed E-state index contributed by atoms with van der Waals surface area (Å²) in [5.41, 5.74) is 2.83. The van der Waals surface area contributed by atoms with Gasteiger partial charge in [0.2, 0.25) is 5.91 Å². The zero-order chi connectivity index (χ0) is 24.1. The summed E-state index contributed by atoms with van der Waals surface area (Å²) in [5.74, 6) is -0.572. The number of para-hydroxylation sites is 1. The van der Waals surface area contributed by atoms with E-state index in [1.165, 1.54) is 4.90 Å². The highest BCUT2D eigenvalue weighted by molar-refractivity contribution is 5.98. The van der Waals surface area contributed by atoms with E-state index in [0.717, 1.165) is 5.56 Å². The Kier molecular flexibility index (Phi) is 6.92. The van der Waals surface area contributed by atoms with E-state index in [0.29, 0.717) is 16.9 Å². The molecule has 3 aromatic rings. The Balaban J connectivity index is 1.61. The van der Waals surface area contributed by atoms with E-state index >= 15 is 0 Å². The molecule has 34 heavy (non-hydrogen) atoms. The summed E-state index contributed by atoms with van der Waals surface area (Å²) in [4.78, 5) is 39.7. The number of rotatable bonds is 7. The van der Waals surface area contributed by atoms with Crippen LogP contribution in [0.4, 0.5) is 16.2 Å². The molecule has 2 N–H and O–H groups in total. The fourth-order valence-electron chi connectivity index (χ4n) is 3.77. The van der Waals surface area contributed by atoms with E-state index in [-0.39, 0.29) is 24.3 Å². The van der Waals surface area contributed by atoms with Gasteiger partial charge in [-0.1, -0.05) is 74.5 Å². The zero-order valence-electron chi connectivity index (χ0n) is 19.1. The molecule has 0 aliphatic carbocycles. The van der Waals surface area contributed by atoms with E-state index in [1.807, 2.05) is 62.4 Å². The molecule has 0 bridgehead atoms. The first-order valence-corrected chi connectivity index (χ1v) is 11.2. The van der Waals surface area contributed by atoms with Crippen molar-refractivity contribution in [2.24, 2.45) is 5.92 Å². The molecule has 0 radical (unpaired) electrons. The molecule has 0 aromatic heterocycles. The lowest BCUT2D eigenvalue weighted by Crippen LogP contribution is -2.43. The zero-order valence-corrected chi connectivity index (χ0v) is 19.1. The number of cyclic esters (lactones) is 1. The molecule has 0 spiro atoms. The van der Waals surface area contributed by atoms with Crippen LogP contribution >= 0.6 is 0 Å². The van der Waals surface area contributed by atoms with Gasteiger partial charge in [0.15, 0.2) is 12.1 Å². The quantitative estimate of drug-likeness (QED) is 0.524. The van der Waals surface area contributed by atoms with Crippen LogP contribution in [0.5, 0.6) is 0 Å². The number of nitrogens with one attached hydrogen (secondary N) is 2. The van der Waals surface area contributed by atoms with Gasteiger partial charge in [-0.05, 0) is 35.4 Å². The Hall–Kier alpha value is -4.13. The molecule has 7 nitrogen and oxygen atoms in total. The number of hydrogen-bond donors (Lipinski definition) is 2. The molecule has 1 aliphatic rings. The molecule has 1 heterocycles. The van der Waals surface area contributed by atoms with Gasteiger partial charge in [-0.15, -0.1) is 0 Å². The first-order valence-electron chi connectivity index (χ1n) is 11.2. The van der Waals surface area contributed by atoms with Crippen molar-refractivity contribution in [1.29, 1.82) is 0 Å². The molecule has 1 aliphatic heterocycles. The number of amides is 3. The molecule has 2 unspecified atom stereocenters. The Morgan fingerprint density at radius 3 is 2.06 bits per heavy atom. The van der Waals surface area contributed by atoms with E-state index in [4.69, 9.17) is 4.74 Å². The first-order chi connectivity index (χ1) is 16.4. The minimum absolute atomic E-state index is 0.0887. The van der Waals surface area contributed by atoms with Crippen molar-refractivity contribution in [3.63, 3.8) is 0 Å². The molecular formula is C27H27N3O4. The molecule has 7 heteroatoms. The fraction of sp³-hybridized carbons (Fsp3) is 0.222. The molecule has 2 atom stereocenters. The van der Waals surface area contributed by atoms with Gasteiger partial charge in [0.1, 0.15) is 0 Å². The van der Waals surface area contributed by atoms with Crippen molar-refractivity contribution in [2.45, 2.75) is 32.5 Å². The molecule has 3 amide bonds. The second kappa shape index (κ2) is 10.2. The van der Waals surface area contributed by atoms with Crippen molar-refractivity contribution in [3.05, 3.63) is 96.1 Å². The molecule has 0 saturated carbocycles. The molecule has 1 saturated heterocycles. The SMILES string of the molecule is CC(C)C(=O)Nc1ccc(C2OC(=O)N(Cc3ccccc3)C2C(=O)Nc2ccccc2)cc1. The third kappa shape index (κ3) is 5.26. The van der Waals surface area contributed by atoms with Crippen molar-refractivity contribution in [3.8, 4) is 0 Å². The summed E-state index contributed by atoms with van der Waals surface area (Å²) in [6.45, 7) is 3.88. The summed E-state index contributed by atoms with van der Waals surface area (Å²) in [6, 6.07) is 24.7. The van der Waals surface area contributed by atoms with Gasteiger partial charge in [0.05, 0.1) is 6.54 Å². The molecule has 3 aromatic carbocycles. The number of hydrogen-bond acceptors (Lipinski definition) is 4. The Labute approximate surface area is 198 Å². The number of anilines is 2. The molecule has 1 fully saturated rings. The summed E-state index contributed by atoms with van der Waals surface area (Å²) in [7, 11) is 0. The Bertz CT molecular complexity index is 1150.